The molecule has 1 amide bonds. The first-order valence-corrected chi connectivity index (χ1v) is 8.88. The normalized spacial score (nSPS) is 11.2. The van der Waals surface area contributed by atoms with Crippen LogP contribution in [0.25, 0.3) is 0 Å². The van der Waals surface area contributed by atoms with Gasteiger partial charge in [0, 0.05) is 17.0 Å². The molecule has 2 aromatic carbocycles. The zero-order valence-corrected chi connectivity index (χ0v) is 13.8. The number of carbonyl (C=O) groups is 1. The smallest absolute Gasteiger partial charge is 0.228 e. The highest BCUT2D eigenvalue weighted by atomic mass is 35.5. The Morgan fingerprint density at radius 2 is 1.86 bits per heavy atom. The summed E-state index contributed by atoms with van der Waals surface area (Å²) in [6.07, 6.45) is 1.26. The first kappa shape index (κ1) is 16.5. The van der Waals surface area contributed by atoms with Crippen LogP contribution in [0.15, 0.2) is 47.4 Å². The van der Waals surface area contributed by atoms with Gasteiger partial charge < -0.3 is 5.32 Å². The first-order valence-electron chi connectivity index (χ1n) is 6.61. The van der Waals surface area contributed by atoms with Crippen LogP contribution in [0.3, 0.4) is 0 Å². The minimum Gasteiger partial charge on any atom is -0.326 e. The zero-order valence-electron chi connectivity index (χ0n) is 12.3. The Morgan fingerprint density at radius 3 is 2.50 bits per heavy atom. The average Bonchev–Trinajstić information content (AvgIpc) is 2.42. The molecule has 0 spiro atoms. The quantitative estimate of drug-likeness (QED) is 0.931. The lowest BCUT2D eigenvalue weighted by Crippen LogP contribution is -2.15. The summed E-state index contributed by atoms with van der Waals surface area (Å²) in [5.74, 6) is -0.248. The molecule has 0 saturated carbocycles. The third kappa shape index (κ3) is 4.08. The van der Waals surface area contributed by atoms with Crippen molar-refractivity contribution in [2.24, 2.45) is 0 Å². The monoisotopic (exact) mass is 337 g/mol. The second kappa shape index (κ2) is 6.50. The molecule has 116 valence electrons. The number of hydrogen-bond acceptors (Lipinski definition) is 3. The zero-order chi connectivity index (χ0) is 16.3. The summed E-state index contributed by atoms with van der Waals surface area (Å²) in [6.45, 7) is 1.80. The van der Waals surface area contributed by atoms with Crippen molar-refractivity contribution in [2.45, 2.75) is 18.2 Å². The lowest BCUT2D eigenvalue weighted by molar-refractivity contribution is -0.115. The molecule has 22 heavy (non-hydrogen) atoms. The molecule has 0 aromatic heterocycles. The van der Waals surface area contributed by atoms with Crippen molar-refractivity contribution in [1.82, 2.24) is 0 Å². The Morgan fingerprint density at radius 1 is 1.18 bits per heavy atom. The molecular formula is C16H16ClNO3S. The molecule has 0 saturated heterocycles. The molecule has 0 unspecified atom stereocenters. The van der Waals surface area contributed by atoms with Gasteiger partial charge in [0.2, 0.25) is 5.91 Å². The summed E-state index contributed by atoms with van der Waals surface area (Å²) in [7, 11) is -3.32. The van der Waals surface area contributed by atoms with Crippen LogP contribution in [0.5, 0.6) is 0 Å². The van der Waals surface area contributed by atoms with Gasteiger partial charge in [-0.2, -0.15) is 0 Å². The Bertz CT molecular complexity index is 816. The van der Waals surface area contributed by atoms with Crippen LogP contribution in [-0.2, 0) is 21.1 Å². The van der Waals surface area contributed by atoms with E-state index in [1.807, 2.05) is 6.07 Å². The topological polar surface area (TPSA) is 63.2 Å². The number of carbonyl (C=O) groups excluding carboxylic acids is 1. The lowest BCUT2D eigenvalue weighted by Gasteiger charge is -2.10. The Hall–Kier alpha value is -1.85. The highest BCUT2D eigenvalue weighted by Crippen LogP contribution is 2.21. The van der Waals surface area contributed by atoms with Crippen molar-refractivity contribution in [2.75, 3.05) is 11.6 Å². The van der Waals surface area contributed by atoms with E-state index >= 15 is 0 Å². The van der Waals surface area contributed by atoms with Gasteiger partial charge in [0.1, 0.15) is 0 Å². The van der Waals surface area contributed by atoms with E-state index < -0.39 is 9.84 Å². The van der Waals surface area contributed by atoms with E-state index in [2.05, 4.69) is 5.32 Å². The molecule has 0 atom stereocenters. The molecule has 0 bridgehead atoms. The number of amides is 1. The molecule has 2 aromatic rings. The Kier molecular flexibility index (Phi) is 4.88. The number of sulfone groups is 1. The van der Waals surface area contributed by atoms with Crippen LogP contribution in [0.4, 0.5) is 5.69 Å². The van der Waals surface area contributed by atoms with Crippen molar-refractivity contribution < 1.29 is 13.2 Å². The summed E-state index contributed by atoms with van der Waals surface area (Å²) in [5, 5.41) is 3.26. The van der Waals surface area contributed by atoms with E-state index in [9.17, 15) is 13.2 Å². The maximum absolute atomic E-state index is 12.1. The number of anilines is 1. The molecular weight excluding hydrogens is 322 g/mol. The Labute approximate surface area is 135 Å². The molecule has 0 radical (unpaired) electrons. The van der Waals surface area contributed by atoms with Gasteiger partial charge in [-0.3, -0.25) is 4.79 Å². The second-order valence-corrected chi connectivity index (χ2v) is 7.49. The SMILES string of the molecule is Cc1ccc(S(C)(=O)=O)cc1NC(=O)Cc1ccccc1Cl. The van der Waals surface area contributed by atoms with Crippen LogP contribution in [0.2, 0.25) is 5.02 Å². The largest absolute Gasteiger partial charge is 0.326 e. The fraction of sp³-hybridized carbons (Fsp3) is 0.188. The second-order valence-electron chi connectivity index (χ2n) is 5.07. The number of nitrogens with one attached hydrogen (secondary N) is 1. The molecule has 4 nitrogen and oxygen atoms in total. The van der Waals surface area contributed by atoms with Gasteiger partial charge in [0.15, 0.2) is 9.84 Å². The molecule has 0 heterocycles. The van der Waals surface area contributed by atoms with Crippen molar-refractivity contribution in [3.05, 3.63) is 58.6 Å². The van der Waals surface area contributed by atoms with Crippen LogP contribution >= 0.6 is 11.6 Å². The lowest BCUT2D eigenvalue weighted by atomic mass is 10.1. The van der Waals surface area contributed by atoms with Crippen molar-refractivity contribution in [1.29, 1.82) is 0 Å². The van der Waals surface area contributed by atoms with Gasteiger partial charge in [-0.25, -0.2) is 8.42 Å². The fourth-order valence-corrected chi connectivity index (χ4v) is 2.83. The van der Waals surface area contributed by atoms with Crippen LogP contribution in [-0.4, -0.2) is 20.6 Å². The molecule has 0 aliphatic carbocycles. The van der Waals surface area contributed by atoms with Gasteiger partial charge in [-0.05, 0) is 36.2 Å². The third-order valence-electron chi connectivity index (χ3n) is 3.22. The minimum absolute atomic E-state index is 0.127. The summed E-state index contributed by atoms with van der Waals surface area (Å²) >= 11 is 6.03. The van der Waals surface area contributed by atoms with Gasteiger partial charge >= 0.3 is 0 Å². The number of benzene rings is 2. The predicted octanol–water partition coefficient (Wildman–Crippen LogP) is 3.23. The standard InChI is InChI=1S/C16H16ClNO3S/c1-11-7-8-13(22(2,20)21)10-15(11)18-16(19)9-12-5-3-4-6-14(12)17/h3-8,10H,9H2,1-2H3,(H,18,19). The summed E-state index contributed by atoms with van der Waals surface area (Å²) < 4.78 is 23.2. The Balaban J connectivity index is 2.20. The fourth-order valence-electron chi connectivity index (χ4n) is 1.98. The molecule has 0 aliphatic rings. The average molecular weight is 338 g/mol. The number of hydrogen-bond donors (Lipinski definition) is 1. The van der Waals surface area contributed by atoms with Crippen LogP contribution in [0, 0.1) is 6.92 Å². The van der Waals surface area contributed by atoms with Crippen LogP contribution < -0.4 is 5.32 Å². The first-order chi connectivity index (χ1) is 10.3. The maximum Gasteiger partial charge on any atom is 0.228 e. The summed E-state index contributed by atoms with van der Waals surface area (Å²) in [4.78, 5) is 12.3. The van der Waals surface area contributed by atoms with Crippen molar-refractivity contribution in [3.8, 4) is 0 Å². The van der Waals surface area contributed by atoms with E-state index in [1.54, 1.807) is 31.2 Å². The minimum atomic E-state index is -3.32. The van der Waals surface area contributed by atoms with E-state index in [0.717, 1.165) is 17.4 Å². The summed E-state index contributed by atoms with van der Waals surface area (Å²) in [5.41, 5.74) is 2.00. The summed E-state index contributed by atoms with van der Waals surface area (Å²) in [6, 6.07) is 11.8. The van der Waals surface area contributed by atoms with Crippen molar-refractivity contribution >= 4 is 33.0 Å². The van der Waals surface area contributed by atoms with E-state index in [-0.39, 0.29) is 17.2 Å². The highest BCUT2D eigenvalue weighted by Gasteiger charge is 2.12. The van der Waals surface area contributed by atoms with Crippen molar-refractivity contribution in [3.63, 3.8) is 0 Å². The highest BCUT2D eigenvalue weighted by molar-refractivity contribution is 7.90. The molecule has 0 fully saturated rings. The van der Waals surface area contributed by atoms with E-state index in [0.29, 0.717) is 10.7 Å². The van der Waals surface area contributed by atoms with E-state index in [4.69, 9.17) is 11.6 Å². The molecule has 0 aliphatic heterocycles. The van der Waals surface area contributed by atoms with Gasteiger partial charge in [0.05, 0.1) is 11.3 Å². The number of aryl methyl sites for hydroxylation is 1. The van der Waals surface area contributed by atoms with Gasteiger partial charge in [-0.1, -0.05) is 35.9 Å². The number of halogens is 1. The maximum atomic E-state index is 12.1. The van der Waals surface area contributed by atoms with Gasteiger partial charge in [0.25, 0.3) is 0 Å². The molecule has 2 rings (SSSR count). The predicted molar refractivity (Wildman–Crippen MR) is 88.1 cm³/mol. The van der Waals surface area contributed by atoms with Gasteiger partial charge in [-0.15, -0.1) is 0 Å². The van der Waals surface area contributed by atoms with Crippen LogP contribution in [0.1, 0.15) is 11.1 Å². The number of rotatable bonds is 4. The molecule has 6 heteroatoms. The third-order valence-corrected chi connectivity index (χ3v) is 4.70. The molecule has 1 N–H and O–H groups in total. The van der Waals surface area contributed by atoms with E-state index in [1.165, 1.54) is 12.1 Å².